The highest BCUT2D eigenvalue weighted by Gasteiger charge is 2.35. The predicted octanol–water partition coefficient (Wildman–Crippen LogP) is 4.42. The second-order valence-electron chi connectivity index (χ2n) is 8.07. The molecule has 2 aromatic rings. The molecule has 4 N–H and O–H groups in total. The van der Waals surface area contributed by atoms with Gasteiger partial charge in [-0.3, -0.25) is 29.0 Å². The minimum absolute atomic E-state index is 0.0703. The number of carboxylic acids is 4. The molecule has 15 heteroatoms. The van der Waals surface area contributed by atoms with Crippen LogP contribution < -0.4 is 0 Å². The summed E-state index contributed by atoms with van der Waals surface area (Å²) in [5.74, 6) is -5.29. The molecule has 0 saturated heterocycles. The monoisotopic (exact) mass is 644 g/mol. The molecule has 0 amide bonds. The molecule has 0 unspecified atom stereocenters. The summed E-state index contributed by atoms with van der Waals surface area (Å²) < 4.78 is -1.46. The van der Waals surface area contributed by atoms with Crippen LogP contribution in [-0.4, -0.2) is 97.2 Å². The smallest absolute Gasteiger partial charge is 0.317 e. The van der Waals surface area contributed by atoms with Gasteiger partial charge in [0.2, 0.25) is 3.79 Å². The third-order valence-corrected chi connectivity index (χ3v) is 6.06. The van der Waals surface area contributed by atoms with Gasteiger partial charge in [0.15, 0.2) is 0 Å². The third-order valence-electron chi connectivity index (χ3n) is 4.90. The van der Waals surface area contributed by atoms with Crippen LogP contribution in [0.5, 0.6) is 0 Å². The van der Waals surface area contributed by atoms with E-state index in [4.69, 9.17) is 78.4 Å². The summed E-state index contributed by atoms with van der Waals surface area (Å²) in [7, 11) is 0. The summed E-state index contributed by atoms with van der Waals surface area (Å²) in [6.07, 6.45) is 0. The zero-order valence-corrected chi connectivity index (χ0v) is 23.9. The van der Waals surface area contributed by atoms with Crippen molar-refractivity contribution >= 4 is 81.9 Å². The van der Waals surface area contributed by atoms with Crippen molar-refractivity contribution in [1.29, 1.82) is 0 Å². The highest BCUT2D eigenvalue weighted by atomic mass is 35.6. The Labute approximate surface area is 249 Å². The Morgan fingerprint density at radius 2 is 0.846 bits per heavy atom. The normalized spacial score (nSPS) is 11.3. The number of halogens is 5. The van der Waals surface area contributed by atoms with Crippen molar-refractivity contribution in [2.75, 3.05) is 39.3 Å². The summed E-state index contributed by atoms with van der Waals surface area (Å²) in [6.45, 7) is -2.25. The number of nitrogens with zero attached hydrogens (tertiary/aromatic N) is 2. The summed E-state index contributed by atoms with van der Waals surface area (Å²) in [4.78, 5) is 44.4. The zero-order chi connectivity index (χ0) is 29.8. The first-order valence-corrected chi connectivity index (χ1v) is 12.9. The summed E-state index contributed by atoms with van der Waals surface area (Å²) in [6, 6.07) is 14.5. The zero-order valence-electron chi connectivity index (χ0n) is 20.1. The fraction of sp³-hybridized carbons (Fsp3) is 0.333. The van der Waals surface area contributed by atoms with Crippen LogP contribution >= 0.6 is 58.0 Å². The topological polar surface area (TPSA) is 156 Å². The van der Waals surface area contributed by atoms with E-state index in [1.165, 1.54) is 0 Å². The number of hydrogen-bond acceptors (Lipinski definition) is 6. The van der Waals surface area contributed by atoms with E-state index < -0.39 is 53.8 Å². The minimum atomic E-state index is -1.46. The van der Waals surface area contributed by atoms with Crippen LogP contribution in [0.15, 0.2) is 48.5 Å². The maximum Gasteiger partial charge on any atom is 0.317 e. The van der Waals surface area contributed by atoms with Crippen molar-refractivity contribution in [3.05, 3.63) is 69.7 Å². The Morgan fingerprint density at radius 3 is 1.05 bits per heavy atom. The number of rotatable bonds is 13. The minimum Gasteiger partial charge on any atom is -0.480 e. The Morgan fingerprint density at radius 1 is 0.590 bits per heavy atom. The Kier molecular flexibility index (Phi) is 14.9. The number of alkyl halides is 3. The first-order valence-electron chi connectivity index (χ1n) is 11.0. The third kappa shape index (κ3) is 14.6. The van der Waals surface area contributed by atoms with Crippen LogP contribution in [0.2, 0.25) is 10.0 Å². The molecule has 0 aliphatic heterocycles. The van der Waals surface area contributed by atoms with E-state index in [1.807, 2.05) is 24.3 Å². The van der Waals surface area contributed by atoms with Gasteiger partial charge in [-0.1, -0.05) is 82.3 Å². The highest BCUT2D eigenvalue weighted by molar-refractivity contribution is 6.68. The van der Waals surface area contributed by atoms with Crippen LogP contribution in [-0.2, 0) is 19.2 Å². The Bertz CT molecular complexity index is 997. The molecule has 0 aliphatic carbocycles. The average molecular weight is 647 g/mol. The van der Waals surface area contributed by atoms with Gasteiger partial charge in [0.05, 0.1) is 32.1 Å². The second kappa shape index (κ2) is 16.7. The molecule has 0 fully saturated rings. The van der Waals surface area contributed by atoms with Crippen LogP contribution in [0.4, 0.5) is 0 Å². The van der Waals surface area contributed by atoms with Gasteiger partial charge >= 0.3 is 23.9 Å². The number of carbonyl (C=O) groups is 4. The molecule has 10 nitrogen and oxygen atoms in total. The molecule has 2 rings (SSSR count). The first-order chi connectivity index (χ1) is 18.1. The lowest BCUT2D eigenvalue weighted by molar-refractivity contribution is -0.145. The lowest BCUT2D eigenvalue weighted by Gasteiger charge is -2.25. The van der Waals surface area contributed by atoms with Crippen LogP contribution in [0.1, 0.15) is 17.0 Å². The Hall–Kier alpha value is -2.31. The van der Waals surface area contributed by atoms with Crippen LogP contribution in [0.25, 0.3) is 0 Å². The van der Waals surface area contributed by atoms with Crippen LogP contribution in [0, 0.1) is 0 Å². The maximum atomic E-state index is 10.6. The van der Waals surface area contributed by atoms with Crippen molar-refractivity contribution in [3.63, 3.8) is 0 Å². The van der Waals surface area contributed by atoms with E-state index in [1.54, 1.807) is 24.3 Å². The highest BCUT2D eigenvalue weighted by Crippen LogP contribution is 2.45. The standard InChI is InChI=1S/C14H9Cl5.C10H16N2O8/c15-11-5-1-9(2-6-11)13(14(17,18)19)10-3-7-12(16)8-4-10;13-7(14)3-11(4-8(15)16)1-2-12(5-9(17)18)6-10(19)20/h1-8,13H;1-6H2,(H,13,14)(H,15,16)(H,17,18)(H,19,20). The van der Waals surface area contributed by atoms with E-state index in [2.05, 4.69) is 0 Å². The number of hydrogen-bond donors (Lipinski definition) is 4. The maximum absolute atomic E-state index is 10.6. The molecule has 39 heavy (non-hydrogen) atoms. The molecule has 2 aromatic carbocycles. The second-order valence-corrected chi connectivity index (χ2v) is 11.3. The average Bonchev–Trinajstić information content (AvgIpc) is 2.78. The summed E-state index contributed by atoms with van der Waals surface area (Å²) >= 11 is 30.1. The molecule has 214 valence electrons. The lowest BCUT2D eigenvalue weighted by Crippen LogP contribution is -2.43. The van der Waals surface area contributed by atoms with Crippen molar-refractivity contribution in [2.24, 2.45) is 0 Å². The fourth-order valence-corrected chi connectivity index (χ4v) is 4.36. The number of benzene rings is 2. The van der Waals surface area contributed by atoms with E-state index in [9.17, 15) is 19.2 Å². The van der Waals surface area contributed by atoms with Gasteiger partial charge in [-0.15, -0.1) is 0 Å². The SMILES string of the molecule is Clc1ccc(C(c2ccc(Cl)cc2)C(Cl)(Cl)Cl)cc1.O=C(O)CN(CCN(CC(=O)O)CC(=O)O)CC(=O)O. The molecule has 0 radical (unpaired) electrons. The van der Waals surface area contributed by atoms with Gasteiger partial charge < -0.3 is 20.4 Å². The first kappa shape index (κ1) is 34.7. The van der Waals surface area contributed by atoms with E-state index in [0.717, 1.165) is 20.9 Å². The molecule has 0 aliphatic rings. The molecule has 0 saturated carbocycles. The summed E-state index contributed by atoms with van der Waals surface area (Å²) in [5.41, 5.74) is 1.76. The van der Waals surface area contributed by atoms with E-state index in [0.29, 0.717) is 10.0 Å². The molecular formula is C24H25Cl5N2O8. The van der Waals surface area contributed by atoms with Gasteiger partial charge in [-0.05, 0) is 35.4 Å². The van der Waals surface area contributed by atoms with E-state index in [-0.39, 0.29) is 19.0 Å². The predicted molar refractivity (Wildman–Crippen MR) is 148 cm³/mol. The fourth-order valence-electron chi connectivity index (χ4n) is 3.36. The van der Waals surface area contributed by atoms with Crippen molar-refractivity contribution < 1.29 is 39.6 Å². The lowest BCUT2D eigenvalue weighted by atomic mass is 9.92. The molecule has 0 aromatic heterocycles. The van der Waals surface area contributed by atoms with Crippen molar-refractivity contribution in [1.82, 2.24) is 9.80 Å². The van der Waals surface area contributed by atoms with Crippen molar-refractivity contribution in [3.8, 4) is 0 Å². The molecule has 0 bridgehead atoms. The number of carboxylic acid groups (broad SMARTS) is 4. The van der Waals surface area contributed by atoms with Crippen molar-refractivity contribution in [2.45, 2.75) is 9.71 Å². The summed E-state index contributed by atoms with van der Waals surface area (Å²) in [5, 5.41) is 35.7. The Balaban J connectivity index is 0.000000390. The van der Waals surface area contributed by atoms with Crippen LogP contribution in [0.3, 0.4) is 0 Å². The van der Waals surface area contributed by atoms with Gasteiger partial charge in [-0.25, -0.2) is 0 Å². The number of aliphatic carboxylic acids is 4. The quantitative estimate of drug-likeness (QED) is 0.230. The molecule has 0 spiro atoms. The van der Waals surface area contributed by atoms with Gasteiger partial charge in [0, 0.05) is 23.1 Å². The largest absolute Gasteiger partial charge is 0.480 e. The van der Waals surface area contributed by atoms with Gasteiger partial charge in [-0.2, -0.15) is 0 Å². The van der Waals surface area contributed by atoms with E-state index >= 15 is 0 Å². The van der Waals surface area contributed by atoms with Gasteiger partial charge in [0.25, 0.3) is 0 Å². The molecule has 0 heterocycles. The molecular weight excluding hydrogens is 622 g/mol. The molecule has 0 atom stereocenters. The van der Waals surface area contributed by atoms with Gasteiger partial charge in [0.1, 0.15) is 0 Å².